The van der Waals surface area contributed by atoms with Gasteiger partial charge in [0, 0.05) is 11.3 Å². The Kier molecular flexibility index (Phi) is 3.28. The summed E-state index contributed by atoms with van der Waals surface area (Å²) < 4.78 is 75.4. The zero-order valence-corrected chi connectivity index (χ0v) is 9.02. The second-order valence-electron chi connectivity index (χ2n) is 3.74. The van der Waals surface area contributed by atoms with Crippen LogP contribution >= 0.6 is 0 Å². The summed E-state index contributed by atoms with van der Waals surface area (Å²) in [5.74, 6) is 0. The molecule has 0 radical (unpaired) electrons. The Balaban J connectivity index is 3.61. The van der Waals surface area contributed by atoms with Gasteiger partial charge in [-0.2, -0.15) is 26.3 Å². The number of hydrogen-bond donors (Lipinski definition) is 2. The fourth-order valence-corrected chi connectivity index (χ4v) is 1.46. The number of benzene rings is 1. The Labute approximate surface area is 98.0 Å². The second kappa shape index (κ2) is 4.04. The van der Waals surface area contributed by atoms with E-state index in [0.29, 0.717) is 6.07 Å². The molecule has 0 heterocycles. The number of nitrogens with two attached hydrogens (primary N) is 1. The quantitative estimate of drug-likeness (QED) is 0.610. The van der Waals surface area contributed by atoms with Gasteiger partial charge in [0.1, 0.15) is 0 Å². The van der Waals surface area contributed by atoms with Crippen LogP contribution < -0.4 is 5.73 Å². The van der Waals surface area contributed by atoms with Crippen molar-refractivity contribution in [2.45, 2.75) is 24.9 Å². The number of nitrogen functional groups attached to an aromatic ring is 1. The van der Waals surface area contributed by atoms with Crippen LogP contribution in [0.3, 0.4) is 0 Å². The lowest BCUT2D eigenvalue weighted by Crippen LogP contribution is -2.54. The van der Waals surface area contributed by atoms with Gasteiger partial charge in [0.15, 0.2) is 0 Å². The monoisotopic (exact) mass is 273 g/mol. The molecule has 18 heavy (non-hydrogen) atoms. The average Bonchev–Trinajstić information content (AvgIpc) is 2.17. The van der Waals surface area contributed by atoms with Crippen LogP contribution in [0, 0.1) is 6.92 Å². The van der Waals surface area contributed by atoms with Crippen molar-refractivity contribution in [3.8, 4) is 0 Å². The van der Waals surface area contributed by atoms with Crippen LogP contribution in [0.25, 0.3) is 0 Å². The molecule has 2 nitrogen and oxygen atoms in total. The largest absolute Gasteiger partial charge is 0.430 e. The highest BCUT2D eigenvalue weighted by Gasteiger charge is 2.72. The third-order valence-corrected chi connectivity index (χ3v) is 2.53. The van der Waals surface area contributed by atoms with E-state index in [9.17, 15) is 26.3 Å². The summed E-state index contributed by atoms with van der Waals surface area (Å²) in [5.41, 5.74) is -1.92. The summed E-state index contributed by atoms with van der Waals surface area (Å²) in [6.07, 6.45) is -11.8. The minimum Gasteiger partial charge on any atom is -0.398 e. The molecule has 0 aliphatic heterocycles. The number of para-hydroxylation sites is 1. The summed E-state index contributed by atoms with van der Waals surface area (Å²) >= 11 is 0. The first-order valence-corrected chi connectivity index (χ1v) is 4.64. The zero-order chi connectivity index (χ0) is 14.4. The van der Waals surface area contributed by atoms with Gasteiger partial charge >= 0.3 is 12.4 Å². The predicted octanol–water partition coefficient (Wildman–Crippen LogP) is 2.89. The average molecular weight is 273 g/mol. The molecular formula is C10H9F6NO. The van der Waals surface area contributed by atoms with E-state index < -0.39 is 29.2 Å². The molecule has 0 bridgehead atoms. The highest BCUT2D eigenvalue weighted by atomic mass is 19.4. The molecule has 1 rings (SSSR count). The van der Waals surface area contributed by atoms with Crippen molar-refractivity contribution in [3.05, 3.63) is 29.3 Å². The molecule has 1 aromatic carbocycles. The Morgan fingerprint density at radius 1 is 1.00 bits per heavy atom. The fraction of sp³-hybridized carbons (Fsp3) is 0.400. The van der Waals surface area contributed by atoms with Crippen molar-refractivity contribution in [1.29, 1.82) is 0 Å². The van der Waals surface area contributed by atoms with Crippen molar-refractivity contribution in [2.75, 3.05) is 5.73 Å². The van der Waals surface area contributed by atoms with Gasteiger partial charge in [-0.15, -0.1) is 0 Å². The number of hydrogen-bond acceptors (Lipinski definition) is 2. The Morgan fingerprint density at radius 3 is 1.83 bits per heavy atom. The van der Waals surface area contributed by atoms with E-state index in [1.54, 1.807) is 0 Å². The van der Waals surface area contributed by atoms with E-state index in [1.165, 1.54) is 13.0 Å². The molecule has 0 aliphatic rings. The lowest BCUT2D eigenvalue weighted by molar-refractivity contribution is -0.376. The normalized spacial score (nSPS) is 13.8. The summed E-state index contributed by atoms with van der Waals surface area (Å²) in [4.78, 5) is 0. The second-order valence-corrected chi connectivity index (χ2v) is 3.74. The molecule has 0 amide bonds. The molecule has 0 spiro atoms. The van der Waals surface area contributed by atoms with Crippen molar-refractivity contribution >= 4 is 5.69 Å². The van der Waals surface area contributed by atoms with Crippen LogP contribution in [-0.4, -0.2) is 17.5 Å². The Bertz CT molecular complexity index is 437. The predicted molar refractivity (Wildman–Crippen MR) is 51.6 cm³/mol. The van der Waals surface area contributed by atoms with Crippen LogP contribution in [0.4, 0.5) is 32.0 Å². The van der Waals surface area contributed by atoms with Gasteiger partial charge in [-0.05, 0) is 12.5 Å². The van der Waals surface area contributed by atoms with E-state index in [2.05, 4.69) is 0 Å². The molecular weight excluding hydrogens is 264 g/mol. The van der Waals surface area contributed by atoms with Gasteiger partial charge in [0.2, 0.25) is 0 Å². The first-order chi connectivity index (χ1) is 7.93. The fourth-order valence-electron chi connectivity index (χ4n) is 1.46. The molecule has 0 saturated carbocycles. The van der Waals surface area contributed by atoms with Crippen LogP contribution in [0.5, 0.6) is 0 Å². The van der Waals surface area contributed by atoms with Crippen molar-refractivity contribution in [1.82, 2.24) is 0 Å². The lowest BCUT2D eigenvalue weighted by Gasteiger charge is -2.33. The first kappa shape index (κ1) is 14.6. The summed E-state index contributed by atoms with van der Waals surface area (Å²) in [6.45, 7) is 1.24. The Morgan fingerprint density at radius 2 is 1.44 bits per heavy atom. The number of halogens is 6. The molecule has 3 N–H and O–H groups in total. The SMILES string of the molecule is Cc1cccc(C(O)(C(F)(F)F)C(F)(F)F)c1N. The number of alkyl halides is 6. The molecule has 0 fully saturated rings. The third kappa shape index (κ3) is 2.00. The standard InChI is InChI=1S/C10H9F6NO/c1-5-3-2-4-6(7(5)17)8(18,9(11,12)13)10(14,15)16/h2-4,18H,17H2,1H3. The van der Waals surface area contributed by atoms with Crippen LogP contribution in [0.2, 0.25) is 0 Å². The number of aliphatic hydroxyl groups is 1. The van der Waals surface area contributed by atoms with Gasteiger partial charge in [-0.3, -0.25) is 0 Å². The molecule has 0 saturated heterocycles. The molecule has 0 aromatic heterocycles. The van der Waals surface area contributed by atoms with E-state index in [-0.39, 0.29) is 5.56 Å². The molecule has 0 unspecified atom stereocenters. The Hall–Kier alpha value is -1.44. The van der Waals surface area contributed by atoms with Crippen molar-refractivity contribution in [2.24, 2.45) is 0 Å². The van der Waals surface area contributed by atoms with Gasteiger partial charge in [-0.1, -0.05) is 18.2 Å². The van der Waals surface area contributed by atoms with Gasteiger partial charge in [-0.25, -0.2) is 0 Å². The maximum Gasteiger partial charge on any atom is 0.430 e. The van der Waals surface area contributed by atoms with Crippen LogP contribution in [-0.2, 0) is 5.60 Å². The molecule has 8 heteroatoms. The minimum atomic E-state index is -5.92. The van der Waals surface area contributed by atoms with E-state index >= 15 is 0 Å². The topological polar surface area (TPSA) is 46.2 Å². The van der Waals surface area contributed by atoms with Gasteiger partial charge < -0.3 is 10.8 Å². The van der Waals surface area contributed by atoms with E-state index in [1.807, 2.05) is 0 Å². The molecule has 0 aliphatic carbocycles. The summed E-state index contributed by atoms with van der Waals surface area (Å²) in [6, 6.07) is 2.71. The summed E-state index contributed by atoms with van der Waals surface area (Å²) in [5, 5.41) is 9.13. The van der Waals surface area contributed by atoms with E-state index in [0.717, 1.165) is 6.07 Å². The highest BCUT2D eigenvalue weighted by Crippen LogP contribution is 2.51. The van der Waals surface area contributed by atoms with E-state index in [4.69, 9.17) is 10.8 Å². The molecule has 102 valence electrons. The maximum absolute atomic E-state index is 12.6. The number of anilines is 1. The highest BCUT2D eigenvalue weighted by molar-refractivity contribution is 5.56. The van der Waals surface area contributed by atoms with Crippen LogP contribution in [0.1, 0.15) is 11.1 Å². The van der Waals surface area contributed by atoms with Crippen LogP contribution in [0.15, 0.2) is 18.2 Å². The zero-order valence-electron chi connectivity index (χ0n) is 9.02. The summed E-state index contributed by atoms with van der Waals surface area (Å²) in [7, 11) is 0. The lowest BCUT2D eigenvalue weighted by atomic mass is 9.89. The van der Waals surface area contributed by atoms with Gasteiger partial charge in [0.05, 0.1) is 0 Å². The number of aryl methyl sites for hydroxylation is 1. The maximum atomic E-state index is 12.6. The van der Waals surface area contributed by atoms with Crippen molar-refractivity contribution in [3.63, 3.8) is 0 Å². The first-order valence-electron chi connectivity index (χ1n) is 4.64. The third-order valence-electron chi connectivity index (χ3n) is 2.53. The van der Waals surface area contributed by atoms with Gasteiger partial charge in [0.25, 0.3) is 5.60 Å². The molecule has 0 atom stereocenters. The number of rotatable bonds is 1. The molecule has 1 aromatic rings. The minimum absolute atomic E-state index is 0.0134. The smallest absolute Gasteiger partial charge is 0.398 e. The van der Waals surface area contributed by atoms with Crippen molar-refractivity contribution < 1.29 is 31.4 Å².